The SMILES string of the molecule is FC(F)(F)N1C=CSC1. The van der Waals surface area contributed by atoms with Crippen LogP contribution in [0.25, 0.3) is 0 Å². The second-order valence-electron chi connectivity index (χ2n) is 1.52. The predicted molar refractivity (Wildman–Crippen MR) is 29.5 cm³/mol. The number of alkyl halides is 3. The van der Waals surface area contributed by atoms with Crippen LogP contribution in [-0.4, -0.2) is 17.1 Å². The van der Waals surface area contributed by atoms with E-state index in [1.807, 2.05) is 0 Å². The van der Waals surface area contributed by atoms with Crippen molar-refractivity contribution in [3.63, 3.8) is 0 Å². The molecule has 0 aromatic heterocycles. The Balaban J connectivity index is 2.53. The average molecular weight is 155 g/mol. The van der Waals surface area contributed by atoms with Crippen molar-refractivity contribution in [3.05, 3.63) is 11.6 Å². The zero-order chi connectivity index (χ0) is 6.91. The minimum atomic E-state index is -4.19. The Bertz CT molecular complexity index is 130. The Morgan fingerprint density at radius 2 is 2.11 bits per heavy atom. The lowest BCUT2D eigenvalue weighted by atomic mass is 10.8. The number of hydrogen-bond acceptors (Lipinski definition) is 2. The van der Waals surface area contributed by atoms with E-state index in [1.165, 1.54) is 5.41 Å². The maximum absolute atomic E-state index is 11.6. The molecule has 0 bridgehead atoms. The van der Waals surface area contributed by atoms with Crippen LogP contribution in [-0.2, 0) is 0 Å². The fraction of sp³-hybridized carbons (Fsp3) is 0.500. The summed E-state index contributed by atoms with van der Waals surface area (Å²) in [6, 6.07) is 0. The van der Waals surface area contributed by atoms with Crippen LogP contribution in [0.1, 0.15) is 0 Å². The van der Waals surface area contributed by atoms with Gasteiger partial charge in [0.05, 0.1) is 5.88 Å². The lowest BCUT2D eigenvalue weighted by Gasteiger charge is -2.17. The molecule has 0 saturated heterocycles. The summed E-state index contributed by atoms with van der Waals surface area (Å²) in [6.45, 7) is 0. The molecule has 1 heterocycles. The molecule has 9 heavy (non-hydrogen) atoms. The Morgan fingerprint density at radius 1 is 1.44 bits per heavy atom. The molecule has 0 saturated carbocycles. The second kappa shape index (κ2) is 2.13. The second-order valence-corrected chi connectivity index (χ2v) is 2.38. The van der Waals surface area contributed by atoms with Crippen LogP contribution in [0.2, 0.25) is 0 Å². The van der Waals surface area contributed by atoms with Gasteiger partial charge in [-0.05, 0) is 5.41 Å². The van der Waals surface area contributed by atoms with E-state index < -0.39 is 6.30 Å². The van der Waals surface area contributed by atoms with Crippen LogP contribution >= 0.6 is 11.8 Å². The van der Waals surface area contributed by atoms with Gasteiger partial charge in [0.15, 0.2) is 0 Å². The van der Waals surface area contributed by atoms with Crippen molar-refractivity contribution in [3.8, 4) is 0 Å². The third-order valence-corrected chi connectivity index (χ3v) is 1.62. The van der Waals surface area contributed by atoms with Crippen LogP contribution in [0.4, 0.5) is 13.2 Å². The van der Waals surface area contributed by atoms with Gasteiger partial charge in [0.25, 0.3) is 0 Å². The normalized spacial score (nSPS) is 19.2. The molecule has 52 valence electrons. The topological polar surface area (TPSA) is 3.24 Å². The Hall–Kier alpha value is -0.320. The molecule has 0 aromatic rings. The van der Waals surface area contributed by atoms with Gasteiger partial charge in [-0.1, -0.05) is 0 Å². The number of hydrogen-bond donors (Lipinski definition) is 0. The summed E-state index contributed by atoms with van der Waals surface area (Å²) < 4.78 is 34.9. The van der Waals surface area contributed by atoms with Gasteiger partial charge in [0.2, 0.25) is 0 Å². The highest BCUT2D eigenvalue weighted by Crippen LogP contribution is 2.28. The van der Waals surface area contributed by atoms with Crippen molar-refractivity contribution < 1.29 is 13.2 Å². The molecule has 0 aliphatic carbocycles. The first-order valence-electron chi connectivity index (χ1n) is 2.22. The van der Waals surface area contributed by atoms with Gasteiger partial charge < -0.3 is 0 Å². The molecule has 1 aliphatic heterocycles. The standard InChI is InChI=1S/C4H4F3NS/c5-4(6,7)8-1-2-9-3-8/h1-2H,3H2. The zero-order valence-corrected chi connectivity index (χ0v) is 5.17. The summed E-state index contributed by atoms with van der Waals surface area (Å²) >= 11 is 1.13. The smallest absolute Gasteiger partial charge is 0.281 e. The molecule has 0 amide bonds. The van der Waals surface area contributed by atoms with Gasteiger partial charge in [0.1, 0.15) is 0 Å². The van der Waals surface area contributed by atoms with Crippen molar-refractivity contribution in [1.82, 2.24) is 4.90 Å². The highest BCUT2D eigenvalue weighted by molar-refractivity contribution is 8.02. The van der Waals surface area contributed by atoms with Crippen LogP contribution < -0.4 is 0 Å². The van der Waals surface area contributed by atoms with Crippen LogP contribution in [0, 0.1) is 0 Å². The molecule has 0 aromatic carbocycles. The van der Waals surface area contributed by atoms with E-state index in [0.29, 0.717) is 4.90 Å². The van der Waals surface area contributed by atoms with Crippen molar-refractivity contribution in [2.45, 2.75) is 6.30 Å². The van der Waals surface area contributed by atoms with Crippen LogP contribution in [0.15, 0.2) is 11.6 Å². The van der Waals surface area contributed by atoms with Crippen LogP contribution in [0.3, 0.4) is 0 Å². The van der Waals surface area contributed by atoms with Crippen molar-refractivity contribution in [1.29, 1.82) is 0 Å². The molecule has 0 radical (unpaired) electrons. The van der Waals surface area contributed by atoms with Crippen molar-refractivity contribution in [2.24, 2.45) is 0 Å². The molecule has 0 N–H and O–H groups in total. The molecule has 1 rings (SSSR count). The molecular weight excluding hydrogens is 151 g/mol. The first-order valence-corrected chi connectivity index (χ1v) is 3.27. The summed E-state index contributed by atoms with van der Waals surface area (Å²) in [5.41, 5.74) is 0. The first kappa shape index (κ1) is 6.80. The molecule has 1 aliphatic rings. The molecule has 0 atom stereocenters. The fourth-order valence-electron chi connectivity index (χ4n) is 0.441. The monoisotopic (exact) mass is 155 g/mol. The Kier molecular flexibility index (Phi) is 1.61. The molecule has 0 spiro atoms. The lowest BCUT2D eigenvalue weighted by molar-refractivity contribution is -0.220. The number of nitrogens with zero attached hydrogens (tertiary/aromatic N) is 1. The van der Waals surface area contributed by atoms with E-state index in [9.17, 15) is 13.2 Å². The van der Waals surface area contributed by atoms with E-state index in [1.54, 1.807) is 0 Å². The predicted octanol–water partition coefficient (Wildman–Crippen LogP) is 1.98. The van der Waals surface area contributed by atoms with E-state index in [-0.39, 0.29) is 5.88 Å². The Morgan fingerprint density at radius 3 is 2.33 bits per heavy atom. The molecule has 0 fully saturated rings. The minimum absolute atomic E-state index is 0.0104. The highest BCUT2D eigenvalue weighted by atomic mass is 32.2. The maximum atomic E-state index is 11.6. The maximum Gasteiger partial charge on any atom is 0.485 e. The molecular formula is C4H4F3NS. The van der Waals surface area contributed by atoms with E-state index in [0.717, 1.165) is 18.0 Å². The number of rotatable bonds is 0. The van der Waals surface area contributed by atoms with Crippen molar-refractivity contribution >= 4 is 11.8 Å². The van der Waals surface area contributed by atoms with Gasteiger partial charge >= 0.3 is 6.30 Å². The Labute approximate surface area is 54.5 Å². The zero-order valence-electron chi connectivity index (χ0n) is 4.35. The van der Waals surface area contributed by atoms with Crippen molar-refractivity contribution in [2.75, 3.05) is 5.88 Å². The molecule has 5 heteroatoms. The van der Waals surface area contributed by atoms with Gasteiger partial charge in [-0.15, -0.1) is 11.8 Å². The lowest BCUT2D eigenvalue weighted by Crippen LogP contribution is -2.30. The third kappa shape index (κ3) is 1.54. The largest absolute Gasteiger partial charge is 0.485 e. The van der Waals surface area contributed by atoms with Gasteiger partial charge in [-0.2, -0.15) is 13.2 Å². The van der Waals surface area contributed by atoms with Gasteiger partial charge in [-0.3, -0.25) is 4.90 Å². The van der Waals surface area contributed by atoms with Gasteiger partial charge in [-0.25, -0.2) is 0 Å². The van der Waals surface area contributed by atoms with E-state index >= 15 is 0 Å². The number of halogens is 3. The summed E-state index contributed by atoms with van der Waals surface area (Å²) in [4.78, 5) is 0.331. The summed E-state index contributed by atoms with van der Waals surface area (Å²) in [5.74, 6) is -0.0104. The third-order valence-electron chi connectivity index (χ3n) is 0.876. The summed E-state index contributed by atoms with van der Waals surface area (Å²) in [7, 11) is 0. The average Bonchev–Trinajstić information content (AvgIpc) is 2.08. The summed E-state index contributed by atoms with van der Waals surface area (Å²) in [5, 5.41) is 1.42. The summed E-state index contributed by atoms with van der Waals surface area (Å²) in [6.07, 6.45) is -3.16. The van der Waals surface area contributed by atoms with Crippen LogP contribution in [0.5, 0.6) is 0 Å². The van der Waals surface area contributed by atoms with Gasteiger partial charge in [0, 0.05) is 6.20 Å². The number of thioether (sulfide) groups is 1. The van der Waals surface area contributed by atoms with E-state index in [4.69, 9.17) is 0 Å². The minimum Gasteiger partial charge on any atom is -0.281 e. The highest BCUT2D eigenvalue weighted by Gasteiger charge is 2.35. The quantitative estimate of drug-likeness (QED) is 0.492. The fourth-order valence-corrected chi connectivity index (χ4v) is 1.15. The first-order chi connectivity index (χ1) is 4.11. The molecule has 1 nitrogen and oxygen atoms in total. The van der Waals surface area contributed by atoms with E-state index in [2.05, 4.69) is 0 Å². The molecule has 0 unspecified atom stereocenters.